The van der Waals surface area contributed by atoms with E-state index >= 15 is 0 Å². The summed E-state index contributed by atoms with van der Waals surface area (Å²) < 4.78 is 49.4. The number of H-pyrrole nitrogens is 1. The zero-order valence-corrected chi connectivity index (χ0v) is 15.2. The van der Waals surface area contributed by atoms with Crippen LogP contribution in [0.15, 0.2) is 40.1 Å². The van der Waals surface area contributed by atoms with Crippen molar-refractivity contribution < 1.29 is 32.0 Å². The molecule has 2 aliphatic heterocycles. The Hall–Kier alpha value is -2.01. The van der Waals surface area contributed by atoms with Gasteiger partial charge in [-0.15, -0.1) is 9.05 Å². The van der Waals surface area contributed by atoms with Gasteiger partial charge in [0.2, 0.25) is 5.82 Å². The number of fused-ring (bicyclic) bond motifs is 1. The van der Waals surface area contributed by atoms with E-state index in [-0.39, 0.29) is 19.6 Å². The Morgan fingerprint density at radius 1 is 1.32 bits per heavy atom. The normalized spacial score (nSPS) is 29.6. The van der Waals surface area contributed by atoms with Crippen LogP contribution in [-0.2, 0) is 24.9 Å². The molecular formula is C16H16F2N2O7P+. The number of rotatable bonds is 4. The lowest BCUT2D eigenvalue weighted by molar-refractivity contribution is -0.0829. The number of benzene rings is 1. The molecule has 2 N–H and O–H groups in total. The molecule has 4 atom stereocenters. The van der Waals surface area contributed by atoms with Crippen LogP contribution in [0.3, 0.4) is 0 Å². The molecule has 150 valence electrons. The van der Waals surface area contributed by atoms with Crippen molar-refractivity contribution in [3.8, 4) is 0 Å². The minimum Gasteiger partial charge on any atom is -0.349 e. The third-order valence-corrected chi connectivity index (χ3v) is 5.84. The molecular weight excluding hydrogens is 401 g/mol. The van der Waals surface area contributed by atoms with E-state index in [0.29, 0.717) is 5.56 Å². The van der Waals surface area contributed by atoms with E-state index in [4.69, 9.17) is 18.3 Å². The second-order valence-corrected chi connectivity index (χ2v) is 7.98. The van der Waals surface area contributed by atoms with Crippen LogP contribution < -0.4 is 11.2 Å². The summed E-state index contributed by atoms with van der Waals surface area (Å²) in [5.74, 6) is -1.57. The number of hydrogen-bond acceptors (Lipinski definition) is 7. The summed E-state index contributed by atoms with van der Waals surface area (Å²) >= 11 is 0. The highest BCUT2D eigenvalue weighted by Crippen LogP contribution is 2.63. The largest absolute Gasteiger partial charge is 0.573 e. The van der Waals surface area contributed by atoms with Crippen molar-refractivity contribution in [2.24, 2.45) is 0 Å². The monoisotopic (exact) mass is 417 g/mol. The minimum atomic E-state index is -3.68. The molecule has 28 heavy (non-hydrogen) atoms. The van der Waals surface area contributed by atoms with Crippen LogP contribution >= 0.6 is 8.17 Å². The summed E-state index contributed by atoms with van der Waals surface area (Å²) in [6, 6.07) is 5.66. The zero-order chi connectivity index (χ0) is 19.9. The summed E-state index contributed by atoms with van der Waals surface area (Å²) in [7, 11) is -3.68. The van der Waals surface area contributed by atoms with Gasteiger partial charge < -0.3 is 4.74 Å². The van der Waals surface area contributed by atoms with Gasteiger partial charge in [0.15, 0.2) is 0 Å². The molecule has 0 radical (unpaired) electrons. The van der Waals surface area contributed by atoms with E-state index in [1.54, 1.807) is 6.07 Å². The Kier molecular flexibility index (Phi) is 5.13. The Bertz CT molecular complexity index is 999. The number of hydrogen-bond donors (Lipinski definition) is 2. The van der Waals surface area contributed by atoms with Gasteiger partial charge in [-0.1, -0.05) is 12.1 Å². The first-order chi connectivity index (χ1) is 13.3. The Morgan fingerprint density at radius 2 is 2.14 bits per heavy atom. The van der Waals surface area contributed by atoms with Crippen molar-refractivity contribution in [3.05, 3.63) is 68.5 Å². The highest BCUT2D eigenvalue weighted by Gasteiger charge is 2.57. The smallest absolute Gasteiger partial charge is 0.349 e. The van der Waals surface area contributed by atoms with Crippen LogP contribution in [0.5, 0.6) is 0 Å². The van der Waals surface area contributed by atoms with Gasteiger partial charge in [-0.3, -0.25) is 14.3 Å². The fourth-order valence-electron chi connectivity index (χ4n) is 3.03. The molecule has 1 aromatic heterocycles. The van der Waals surface area contributed by atoms with Gasteiger partial charge in [0.1, 0.15) is 37.5 Å². The number of nitrogens with zero attached hydrogens (tertiary/aromatic N) is 1. The molecule has 0 saturated carbocycles. The van der Waals surface area contributed by atoms with Gasteiger partial charge in [0.05, 0.1) is 6.20 Å². The summed E-state index contributed by atoms with van der Waals surface area (Å²) in [4.78, 5) is 35.4. The standard InChI is InChI=1S/C16H15F2N2O7P/c17-10-3-1-2-9(4-10)7-24-28(23)25-8-13-12(27-28)5-14(26-13)20-6-11(18)15(21)19-16(20)22/h1-4,6,12-14,23H,5,7-8H2/p+1/t12-,13+,14+,28?/m0/s1. The van der Waals surface area contributed by atoms with Gasteiger partial charge in [0, 0.05) is 6.42 Å². The van der Waals surface area contributed by atoms with Gasteiger partial charge >= 0.3 is 13.9 Å². The van der Waals surface area contributed by atoms with E-state index in [1.165, 1.54) is 18.2 Å². The molecule has 9 nitrogen and oxygen atoms in total. The molecule has 2 aromatic rings. The van der Waals surface area contributed by atoms with Crippen LogP contribution in [-0.4, -0.2) is 33.3 Å². The van der Waals surface area contributed by atoms with Crippen LogP contribution in [0, 0.1) is 11.6 Å². The molecule has 2 saturated heterocycles. The number of aromatic amines is 1. The molecule has 3 heterocycles. The minimum absolute atomic E-state index is 0.0742. The van der Waals surface area contributed by atoms with Crippen molar-refractivity contribution >= 4 is 8.17 Å². The van der Waals surface area contributed by atoms with Crippen molar-refractivity contribution in [1.29, 1.82) is 0 Å². The third-order valence-electron chi connectivity index (χ3n) is 4.37. The van der Waals surface area contributed by atoms with Crippen molar-refractivity contribution in [2.45, 2.75) is 31.5 Å². The second-order valence-electron chi connectivity index (χ2n) is 6.32. The van der Waals surface area contributed by atoms with Crippen LogP contribution in [0.2, 0.25) is 0 Å². The predicted molar refractivity (Wildman–Crippen MR) is 91.0 cm³/mol. The summed E-state index contributed by atoms with van der Waals surface area (Å²) in [5, 5.41) is 0. The number of nitrogens with one attached hydrogen (secondary N) is 1. The van der Waals surface area contributed by atoms with Crippen LogP contribution in [0.4, 0.5) is 8.78 Å². The maximum Gasteiger partial charge on any atom is 0.573 e. The maximum atomic E-state index is 13.5. The second kappa shape index (κ2) is 7.43. The van der Waals surface area contributed by atoms with E-state index in [2.05, 4.69) is 0 Å². The lowest BCUT2D eigenvalue weighted by atomic mass is 10.2. The lowest BCUT2D eigenvalue weighted by Gasteiger charge is -2.26. The summed E-state index contributed by atoms with van der Waals surface area (Å²) in [6.45, 7) is -0.205. The molecule has 0 aliphatic carbocycles. The molecule has 4 rings (SSSR count). The van der Waals surface area contributed by atoms with Gasteiger partial charge in [-0.05, 0) is 17.7 Å². The van der Waals surface area contributed by atoms with Crippen molar-refractivity contribution in [1.82, 2.24) is 9.55 Å². The topological polar surface area (TPSA) is 112 Å². The quantitative estimate of drug-likeness (QED) is 0.724. The maximum absolute atomic E-state index is 13.5. The van der Waals surface area contributed by atoms with Crippen LogP contribution in [0.1, 0.15) is 18.2 Å². The molecule has 0 bridgehead atoms. The van der Waals surface area contributed by atoms with Crippen LogP contribution in [0.25, 0.3) is 0 Å². The zero-order valence-electron chi connectivity index (χ0n) is 14.3. The first-order valence-corrected chi connectivity index (χ1v) is 9.83. The highest BCUT2D eigenvalue weighted by molar-refractivity contribution is 7.55. The Morgan fingerprint density at radius 3 is 2.93 bits per heavy atom. The fourth-order valence-corrected chi connectivity index (χ4v) is 4.43. The van der Waals surface area contributed by atoms with Crippen molar-refractivity contribution in [2.75, 3.05) is 6.61 Å². The molecule has 1 unspecified atom stereocenters. The van der Waals surface area contributed by atoms with Gasteiger partial charge in [0.25, 0.3) is 5.56 Å². The number of aromatic nitrogens is 2. The molecule has 1 aromatic carbocycles. The van der Waals surface area contributed by atoms with Gasteiger partial charge in [-0.2, -0.15) is 13.8 Å². The predicted octanol–water partition coefficient (Wildman–Crippen LogP) is 1.40. The SMILES string of the molecule is O=c1[nH]c(=O)n([C@H]2C[C@@H]3O[P+](O)(OCc4cccc(F)c4)OC[C@H]3O2)cc1F. The molecule has 0 spiro atoms. The summed E-state index contributed by atoms with van der Waals surface area (Å²) in [5.41, 5.74) is -1.47. The third kappa shape index (κ3) is 3.90. The van der Waals surface area contributed by atoms with Crippen molar-refractivity contribution in [3.63, 3.8) is 0 Å². The van der Waals surface area contributed by atoms with E-state index in [1.807, 2.05) is 4.98 Å². The molecule has 0 amide bonds. The van der Waals surface area contributed by atoms with Gasteiger partial charge in [-0.25, -0.2) is 9.18 Å². The Labute approximate surface area is 157 Å². The van der Waals surface area contributed by atoms with E-state index in [9.17, 15) is 23.3 Å². The first-order valence-electron chi connectivity index (χ1n) is 8.33. The average molecular weight is 417 g/mol. The number of halogens is 2. The number of ether oxygens (including phenoxy) is 1. The lowest BCUT2D eigenvalue weighted by Crippen LogP contribution is -2.35. The van der Waals surface area contributed by atoms with E-state index < -0.39 is 49.5 Å². The molecule has 12 heteroatoms. The highest BCUT2D eigenvalue weighted by atomic mass is 31.2. The molecule has 2 fully saturated rings. The summed E-state index contributed by atoms with van der Waals surface area (Å²) in [6.07, 6.45) is -1.35. The molecule has 2 aliphatic rings. The Balaban J connectivity index is 1.44. The van der Waals surface area contributed by atoms with E-state index in [0.717, 1.165) is 10.8 Å². The first kappa shape index (κ1) is 19.3. The average Bonchev–Trinajstić information content (AvgIpc) is 3.06. The fraction of sp³-hybridized carbons (Fsp3) is 0.375.